The molecule has 2 aromatic carbocycles. The van der Waals surface area contributed by atoms with Gasteiger partial charge in [0, 0.05) is 24.7 Å². The third kappa shape index (κ3) is 5.07. The van der Waals surface area contributed by atoms with Gasteiger partial charge in [-0.15, -0.1) is 0 Å². The summed E-state index contributed by atoms with van der Waals surface area (Å²) in [6.45, 7) is 5.60. The highest BCUT2D eigenvalue weighted by molar-refractivity contribution is 6.06. The third-order valence-corrected chi connectivity index (χ3v) is 6.55. The molecule has 10 nitrogen and oxygen atoms in total. The number of hydrogen-bond acceptors (Lipinski definition) is 9. The molecule has 0 radical (unpaired) electrons. The maximum atomic E-state index is 12.8. The molecule has 3 aromatic rings. The Morgan fingerprint density at radius 2 is 1.76 bits per heavy atom. The van der Waals surface area contributed by atoms with E-state index in [-0.39, 0.29) is 28.3 Å². The standard InChI is InChI=1S/C27H31NO9/c1-14-17(35-21-12-11-20(34-6)27(2,3)37-21)10-8-16-23(29)22(26(31)36-24(14)16)28-25(30)15-7-9-18(32-4)19(13-15)33-5/h7-10,13,20-21,29H,11-12H2,1-6H3,(H,28,30)/t20-,21-/m1/s1. The molecule has 198 valence electrons. The van der Waals surface area contributed by atoms with Gasteiger partial charge in [-0.2, -0.15) is 0 Å². The maximum Gasteiger partial charge on any atom is 0.364 e. The molecule has 2 atom stereocenters. The van der Waals surface area contributed by atoms with E-state index in [4.69, 9.17) is 28.1 Å². The summed E-state index contributed by atoms with van der Waals surface area (Å²) in [5.74, 6) is 0.199. The summed E-state index contributed by atoms with van der Waals surface area (Å²) in [6.07, 6.45) is 0.820. The van der Waals surface area contributed by atoms with Crippen molar-refractivity contribution in [3.8, 4) is 23.0 Å². The van der Waals surface area contributed by atoms with E-state index in [0.717, 1.165) is 6.42 Å². The van der Waals surface area contributed by atoms with Gasteiger partial charge in [-0.25, -0.2) is 4.79 Å². The van der Waals surface area contributed by atoms with E-state index in [0.29, 0.717) is 29.2 Å². The van der Waals surface area contributed by atoms with Crippen LogP contribution in [0.15, 0.2) is 39.5 Å². The summed E-state index contributed by atoms with van der Waals surface area (Å²) in [5.41, 5.74) is -0.955. The Bertz CT molecular complexity index is 1380. The first kappa shape index (κ1) is 26.3. The molecule has 1 aliphatic rings. The first-order valence-electron chi connectivity index (χ1n) is 11.8. The Morgan fingerprint density at radius 1 is 1.05 bits per heavy atom. The molecule has 1 aliphatic heterocycles. The number of benzene rings is 2. The summed E-state index contributed by atoms with van der Waals surface area (Å²) >= 11 is 0. The molecule has 10 heteroatoms. The Labute approximate surface area is 214 Å². The number of ether oxygens (including phenoxy) is 5. The molecular formula is C27H31NO9. The number of aromatic hydroxyl groups is 1. The van der Waals surface area contributed by atoms with Crippen LogP contribution in [0.25, 0.3) is 11.0 Å². The largest absolute Gasteiger partial charge is 0.505 e. The van der Waals surface area contributed by atoms with Crippen molar-refractivity contribution in [3.05, 3.63) is 51.9 Å². The minimum atomic E-state index is -0.905. The van der Waals surface area contributed by atoms with Gasteiger partial charge in [-0.3, -0.25) is 4.79 Å². The van der Waals surface area contributed by atoms with E-state index in [1.807, 2.05) is 13.8 Å². The highest BCUT2D eigenvalue weighted by Gasteiger charge is 2.39. The lowest BCUT2D eigenvalue weighted by atomic mass is 9.94. The van der Waals surface area contributed by atoms with Crippen molar-refractivity contribution in [1.82, 2.24) is 0 Å². The fourth-order valence-electron chi connectivity index (χ4n) is 4.50. The van der Waals surface area contributed by atoms with Crippen molar-refractivity contribution in [3.63, 3.8) is 0 Å². The second-order valence-electron chi connectivity index (χ2n) is 9.27. The molecule has 0 bridgehead atoms. The van der Waals surface area contributed by atoms with Gasteiger partial charge >= 0.3 is 5.63 Å². The first-order valence-corrected chi connectivity index (χ1v) is 11.8. The van der Waals surface area contributed by atoms with Crippen molar-refractivity contribution in [1.29, 1.82) is 0 Å². The molecular weight excluding hydrogens is 482 g/mol. The molecule has 4 rings (SSSR count). The summed E-state index contributed by atoms with van der Waals surface area (Å²) < 4.78 is 33.6. The predicted molar refractivity (Wildman–Crippen MR) is 136 cm³/mol. The predicted octanol–water partition coefficient (Wildman–Crippen LogP) is 4.39. The van der Waals surface area contributed by atoms with Gasteiger partial charge in [0.05, 0.1) is 31.3 Å². The lowest BCUT2D eigenvalue weighted by Gasteiger charge is -2.41. The number of carbonyl (C=O) groups excluding carboxylic acids is 1. The maximum absolute atomic E-state index is 12.8. The van der Waals surface area contributed by atoms with Gasteiger partial charge in [0.1, 0.15) is 11.3 Å². The van der Waals surface area contributed by atoms with Gasteiger partial charge in [0.25, 0.3) is 5.91 Å². The Kier molecular flexibility index (Phi) is 7.33. The smallest absolute Gasteiger partial charge is 0.364 e. The lowest BCUT2D eigenvalue weighted by Crippen LogP contribution is -2.49. The van der Waals surface area contributed by atoms with Crippen molar-refractivity contribution in [2.45, 2.75) is 51.6 Å². The van der Waals surface area contributed by atoms with E-state index in [1.54, 1.807) is 32.2 Å². The van der Waals surface area contributed by atoms with Crippen LogP contribution >= 0.6 is 0 Å². The molecule has 37 heavy (non-hydrogen) atoms. The van der Waals surface area contributed by atoms with Crippen LogP contribution < -0.4 is 25.2 Å². The van der Waals surface area contributed by atoms with Crippen LogP contribution in [0, 0.1) is 6.92 Å². The lowest BCUT2D eigenvalue weighted by molar-refractivity contribution is -0.233. The number of carbonyl (C=O) groups is 1. The van der Waals surface area contributed by atoms with Crippen molar-refractivity contribution < 1.29 is 38.0 Å². The fraction of sp³-hybridized carbons (Fsp3) is 0.407. The monoisotopic (exact) mass is 513 g/mol. The minimum absolute atomic E-state index is 0.0485. The quantitative estimate of drug-likeness (QED) is 0.443. The van der Waals surface area contributed by atoms with E-state index >= 15 is 0 Å². The normalized spacial score (nSPS) is 18.9. The molecule has 2 heterocycles. The summed E-state index contributed by atoms with van der Waals surface area (Å²) in [6, 6.07) is 7.76. The van der Waals surface area contributed by atoms with E-state index in [9.17, 15) is 14.7 Å². The summed E-state index contributed by atoms with van der Waals surface area (Å²) in [4.78, 5) is 25.6. The second-order valence-corrected chi connectivity index (χ2v) is 9.27. The molecule has 0 unspecified atom stereocenters. The van der Waals surface area contributed by atoms with E-state index in [1.165, 1.54) is 26.4 Å². The highest BCUT2D eigenvalue weighted by Crippen LogP contribution is 2.38. The molecule has 1 saturated heterocycles. The van der Waals surface area contributed by atoms with E-state index < -0.39 is 29.2 Å². The summed E-state index contributed by atoms with van der Waals surface area (Å²) in [7, 11) is 4.58. The van der Waals surface area contributed by atoms with Gasteiger partial charge < -0.3 is 38.5 Å². The number of fused-ring (bicyclic) bond motifs is 1. The zero-order chi connectivity index (χ0) is 26.9. The average molecular weight is 514 g/mol. The Balaban J connectivity index is 1.60. The van der Waals surface area contributed by atoms with Crippen LogP contribution in [0.3, 0.4) is 0 Å². The van der Waals surface area contributed by atoms with Gasteiger partial charge in [0.2, 0.25) is 6.29 Å². The fourth-order valence-corrected chi connectivity index (χ4v) is 4.50. The first-order chi connectivity index (χ1) is 17.6. The number of rotatable bonds is 7. The van der Waals surface area contributed by atoms with Crippen molar-refractivity contribution >= 4 is 22.6 Å². The zero-order valence-corrected chi connectivity index (χ0v) is 21.7. The van der Waals surface area contributed by atoms with Gasteiger partial charge in [0.15, 0.2) is 22.9 Å². The minimum Gasteiger partial charge on any atom is -0.505 e. The van der Waals surface area contributed by atoms with E-state index in [2.05, 4.69) is 5.32 Å². The van der Waals surface area contributed by atoms with Gasteiger partial charge in [-0.1, -0.05) is 0 Å². The SMILES string of the molecule is COc1ccc(C(=O)Nc2c(O)c3ccc(O[C@H]4CC[C@@H](OC)C(C)(C)O4)c(C)c3oc2=O)cc1OC. The molecule has 1 fully saturated rings. The van der Waals surface area contributed by atoms with Crippen LogP contribution in [0.2, 0.25) is 0 Å². The van der Waals surface area contributed by atoms with Gasteiger partial charge in [-0.05, 0) is 57.5 Å². The Hall–Kier alpha value is -3.76. The summed E-state index contributed by atoms with van der Waals surface area (Å²) in [5, 5.41) is 13.6. The number of aryl methyl sites for hydroxylation is 1. The number of amides is 1. The molecule has 2 N–H and O–H groups in total. The van der Waals surface area contributed by atoms with Crippen molar-refractivity contribution in [2.24, 2.45) is 0 Å². The number of methoxy groups -OCH3 is 3. The van der Waals surface area contributed by atoms with Crippen LogP contribution in [0.1, 0.15) is 42.6 Å². The van der Waals surface area contributed by atoms with Crippen LogP contribution in [0.4, 0.5) is 5.69 Å². The second kappa shape index (κ2) is 10.3. The zero-order valence-electron chi connectivity index (χ0n) is 21.7. The third-order valence-electron chi connectivity index (χ3n) is 6.55. The highest BCUT2D eigenvalue weighted by atomic mass is 16.7. The number of hydrogen-bond donors (Lipinski definition) is 2. The number of nitrogens with one attached hydrogen (secondary N) is 1. The molecule has 1 aromatic heterocycles. The van der Waals surface area contributed by atoms with Crippen LogP contribution in [-0.2, 0) is 9.47 Å². The topological polar surface area (TPSA) is 126 Å². The molecule has 0 saturated carbocycles. The van der Waals surface area contributed by atoms with Crippen LogP contribution in [-0.4, -0.2) is 50.3 Å². The molecule has 1 amide bonds. The number of anilines is 1. The molecule has 0 aliphatic carbocycles. The molecule has 0 spiro atoms. The average Bonchev–Trinajstić information content (AvgIpc) is 2.87. The van der Waals surface area contributed by atoms with Crippen LogP contribution in [0.5, 0.6) is 23.0 Å². The van der Waals surface area contributed by atoms with Crippen molar-refractivity contribution in [2.75, 3.05) is 26.6 Å². The Morgan fingerprint density at radius 3 is 2.41 bits per heavy atom.